The quantitative estimate of drug-likeness (QED) is 0.919. The first kappa shape index (κ1) is 14.0. The van der Waals surface area contributed by atoms with Crippen molar-refractivity contribution in [2.24, 2.45) is 5.92 Å². The van der Waals surface area contributed by atoms with Crippen molar-refractivity contribution in [3.05, 3.63) is 33.8 Å². The molecule has 1 aliphatic heterocycles. The normalized spacial score (nSPS) is 20.3. The highest BCUT2D eigenvalue weighted by molar-refractivity contribution is 9.10. The van der Waals surface area contributed by atoms with Gasteiger partial charge in [-0.15, -0.1) is 0 Å². The second kappa shape index (κ2) is 6.69. The van der Waals surface area contributed by atoms with Crippen molar-refractivity contribution < 1.29 is 0 Å². The largest absolute Gasteiger partial charge is 0.316 e. The average molecular weight is 311 g/mol. The minimum absolute atomic E-state index is 0.813. The fraction of sp³-hybridized carbons (Fsp3) is 0.600. The highest BCUT2D eigenvalue weighted by atomic mass is 79.9. The Morgan fingerprint density at radius 2 is 2.28 bits per heavy atom. The maximum atomic E-state index is 3.66. The van der Waals surface area contributed by atoms with Crippen LogP contribution in [0.1, 0.15) is 24.0 Å². The molecule has 1 atom stereocenters. The number of halogens is 1. The standard InChI is InChI=1S/C15H23BrN2/c1-12-5-6-14(15(16)8-12)11-18(2)10-13-4-3-7-17-9-13/h5-6,8,13,17H,3-4,7,9-11H2,1-2H3. The van der Waals surface area contributed by atoms with Crippen molar-refractivity contribution in [2.45, 2.75) is 26.3 Å². The Balaban J connectivity index is 1.87. The molecule has 1 aliphatic rings. The molecule has 1 N–H and O–H groups in total. The number of piperidine rings is 1. The molecular formula is C15H23BrN2. The molecule has 18 heavy (non-hydrogen) atoms. The van der Waals surface area contributed by atoms with Gasteiger partial charge in [-0.05, 0) is 63.0 Å². The minimum Gasteiger partial charge on any atom is -0.316 e. The Hall–Kier alpha value is -0.380. The zero-order chi connectivity index (χ0) is 13.0. The molecule has 0 aliphatic carbocycles. The molecule has 1 unspecified atom stereocenters. The molecule has 0 amide bonds. The van der Waals surface area contributed by atoms with Crippen LogP contribution in [0.15, 0.2) is 22.7 Å². The van der Waals surface area contributed by atoms with Gasteiger partial charge in [0.05, 0.1) is 0 Å². The number of aryl methyl sites for hydroxylation is 1. The van der Waals surface area contributed by atoms with Gasteiger partial charge in [0.1, 0.15) is 0 Å². The summed E-state index contributed by atoms with van der Waals surface area (Å²) in [5, 5.41) is 3.49. The lowest BCUT2D eigenvalue weighted by molar-refractivity contribution is 0.237. The SMILES string of the molecule is Cc1ccc(CN(C)CC2CCCNC2)c(Br)c1. The van der Waals surface area contributed by atoms with Gasteiger partial charge >= 0.3 is 0 Å². The molecule has 0 spiro atoms. The van der Waals surface area contributed by atoms with Crippen LogP contribution in [0.2, 0.25) is 0 Å². The van der Waals surface area contributed by atoms with Crippen LogP contribution in [0.25, 0.3) is 0 Å². The number of nitrogens with one attached hydrogen (secondary N) is 1. The predicted octanol–water partition coefficient (Wildman–Crippen LogP) is 3.19. The van der Waals surface area contributed by atoms with E-state index in [0.717, 1.165) is 12.5 Å². The predicted molar refractivity (Wildman–Crippen MR) is 80.8 cm³/mol. The summed E-state index contributed by atoms with van der Waals surface area (Å²) in [6.07, 6.45) is 2.69. The Morgan fingerprint density at radius 3 is 2.94 bits per heavy atom. The molecule has 0 radical (unpaired) electrons. The van der Waals surface area contributed by atoms with Gasteiger partial charge in [-0.2, -0.15) is 0 Å². The fourth-order valence-electron chi connectivity index (χ4n) is 2.66. The second-order valence-electron chi connectivity index (χ2n) is 5.50. The van der Waals surface area contributed by atoms with E-state index < -0.39 is 0 Å². The lowest BCUT2D eigenvalue weighted by atomic mass is 9.99. The molecular weight excluding hydrogens is 288 g/mol. The maximum absolute atomic E-state index is 3.66. The Labute approximate surface area is 119 Å². The van der Waals surface area contributed by atoms with E-state index in [1.54, 1.807) is 0 Å². The van der Waals surface area contributed by atoms with Gasteiger partial charge in [0.15, 0.2) is 0 Å². The monoisotopic (exact) mass is 310 g/mol. The van der Waals surface area contributed by atoms with Crippen LogP contribution in [0, 0.1) is 12.8 Å². The van der Waals surface area contributed by atoms with Crippen LogP contribution in [0.4, 0.5) is 0 Å². The maximum Gasteiger partial charge on any atom is 0.0242 e. The summed E-state index contributed by atoms with van der Waals surface area (Å²) in [7, 11) is 2.22. The molecule has 2 rings (SSSR count). The molecule has 0 saturated carbocycles. The van der Waals surface area contributed by atoms with E-state index >= 15 is 0 Å². The van der Waals surface area contributed by atoms with Gasteiger partial charge in [-0.1, -0.05) is 28.1 Å². The van der Waals surface area contributed by atoms with Gasteiger partial charge in [-0.25, -0.2) is 0 Å². The number of benzene rings is 1. The zero-order valence-corrected chi connectivity index (χ0v) is 13.0. The van der Waals surface area contributed by atoms with Gasteiger partial charge in [0.2, 0.25) is 0 Å². The molecule has 3 heteroatoms. The number of rotatable bonds is 4. The topological polar surface area (TPSA) is 15.3 Å². The van der Waals surface area contributed by atoms with Crippen molar-refractivity contribution in [3.8, 4) is 0 Å². The van der Waals surface area contributed by atoms with Gasteiger partial charge in [-0.3, -0.25) is 0 Å². The lowest BCUT2D eigenvalue weighted by Gasteiger charge is -2.27. The molecule has 1 heterocycles. The Morgan fingerprint density at radius 1 is 1.44 bits per heavy atom. The van der Waals surface area contributed by atoms with E-state index in [-0.39, 0.29) is 0 Å². The van der Waals surface area contributed by atoms with Gasteiger partial charge < -0.3 is 10.2 Å². The Kier molecular flexibility index (Phi) is 5.22. The van der Waals surface area contributed by atoms with Crippen LogP contribution < -0.4 is 5.32 Å². The Bertz CT molecular complexity index is 386. The summed E-state index contributed by atoms with van der Waals surface area (Å²) in [6, 6.07) is 6.62. The number of nitrogens with zero attached hydrogens (tertiary/aromatic N) is 1. The third-order valence-electron chi connectivity index (χ3n) is 3.62. The molecule has 1 saturated heterocycles. The minimum atomic E-state index is 0.813. The van der Waals surface area contributed by atoms with Gasteiger partial charge in [0.25, 0.3) is 0 Å². The average Bonchev–Trinajstić information content (AvgIpc) is 2.34. The van der Waals surface area contributed by atoms with Crippen LogP contribution in [-0.2, 0) is 6.54 Å². The van der Waals surface area contributed by atoms with Crippen LogP contribution >= 0.6 is 15.9 Å². The van der Waals surface area contributed by atoms with E-state index in [9.17, 15) is 0 Å². The summed E-state index contributed by atoms with van der Waals surface area (Å²) in [6.45, 7) is 6.72. The third-order valence-corrected chi connectivity index (χ3v) is 4.36. The van der Waals surface area contributed by atoms with Crippen molar-refractivity contribution in [3.63, 3.8) is 0 Å². The third kappa shape index (κ3) is 4.08. The van der Waals surface area contributed by atoms with Crippen LogP contribution in [-0.4, -0.2) is 31.6 Å². The smallest absolute Gasteiger partial charge is 0.0242 e. The van der Waals surface area contributed by atoms with Gasteiger partial charge in [0, 0.05) is 17.6 Å². The summed E-state index contributed by atoms with van der Waals surface area (Å²) >= 11 is 3.66. The first-order valence-electron chi connectivity index (χ1n) is 6.79. The van der Waals surface area contributed by atoms with E-state index in [2.05, 4.69) is 58.3 Å². The molecule has 1 aromatic rings. The first-order chi connectivity index (χ1) is 8.65. The van der Waals surface area contributed by atoms with E-state index in [1.807, 2.05) is 0 Å². The summed E-state index contributed by atoms with van der Waals surface area (Å²) in [5.74, 6) is 0.813. The highest BCUT2D eigenvalue weighted by Crippen LogP contribution is 2.20. The van der Waals surface area contributed by atoms with Crippen LogP contribution in [0.5, 0.6) is 0 Å². The van der Waals surface area contributed by atoms with Crippen molar-refractivity contribution in [1.29, 1.82) is 0 Å². The molecule has 2 nitrogen and oxygen atoms in total. The van der Waals surface area contributed by atoms with Crippen molar-refractivity contribution >= 4 is 15.9 Å². The molecule has 100 valence electrons. The highest BCUT2D eigenvalue weighted by Gasteiger charge is 2.15. The van der Waals surface area contributed by atoms with E-state index in [1.165, 1.54) is 48.1 Å². The number of hydrogen-bond donors (Lipinski definition) is 1. The van der Waals surface area contributed by atoms with Crippen LogP contribution in [0.3, 0.4) is 0 Å². The fourth-order valence-corrected chi connectivity index (χ4v) is 3.28. The zero-order valence-electron chi connectivity index (χ0n) is 11.4. The molecule has 1 aromatic carbocycles. The number of hydrogen-bond acceptors (Lipinski definition) is 2. The molecule has 0 bridgehead atoms. The van der Waals surface area contributed by atoms with E-state index in [0.29, 0.717) is 0 Å². The van der Waals surface area contributed by atoms with Crippen molar-refractivity contribution in [2.75, 3.05) is 26.7 Å². The summed E-state index contributed by atoms with van der Waals surface area (Å²) in [5.41, 5.74) is 2.69. The summed E-state index contributed by atoms with van der Waals surface area (Å²) in [4.78, 5) is 2.44. The van der Waals surface area contributed by atoms with Crippen molar-refractivity contribution in [1.82, 2.24) is 10.2 Å². The lowest BCUT2D eigenvalue weighted by Crippen LogP contribution is -2.36. The second-order valence-corrected chi connectivity index (χ2v) is 6.36. The first-order valence-corrected chi connectivity index (χ1v) is 7.59. The summed E-state index contributed by atoms with van der Waals surface area (Å²) < 4.78 is 1.23. The van der Waals surface area contributed by atoms with E-state index in [4.69, 9.17) is 0 Å². The molecule has 1 fully saturated rings. The molecule has 0 aromatic heterocycles.